The summed E-state index contributed by atoms with van der Waals surface area (Å²) in [7, 11) is 3.83. The van der Waals surface area contributed by atoms with Crippen LogP contribution in [-0.2, 0) is 8.28 Å². The second-order valence-electron chi connectivity index (χ2n) is 8.00. The fourth-order valence-electron chi connectivity index (χ4n) is 5.33. The van der Waals surface area contributed by atoms with Crippen molar-refractivity contribution >= 4 is 19.0 Å². The third-order valence-electron chi connectivity index (χ3n) is 6.53. The summed E-state index contributed by atoms with van der Waals surface area (Å²) in [6.45, 7) is 0. The monoisotopic (exact) mass is 374 g/mol. The number of benzene rings is 2. The molecule has 4 unspecified atom stereocenters. The summed E-state index contributed by atoms with van der Waals surface area (Å²) in [6, 6.07) is 21.1. The van der Waals surface area contributed by atoms with Crippen molar-refractivity contribution in [2.24, 2.45) is 5.92 Å². The van der Waals surface area contributed by atoms with Gasteiger partial charge in [0.05, 0.1) is 5.25 Å². The van der Waals surface area contributed by atoms with E-state index in [1.54, 1.807) is 0 Å². The predicted molar refractivity (Wildman–Crippen MR) is 109 cm³/mol. The van der Waals surface area contributed by atoms with E-state index in [1.807, 2.05) is 24.5 Å². The van der Waals surface area contributed by atoms with Gasteiger partial charge in [-0.05, 0) is 61.2 Å². The number of hydrogen-bond acceptors (Lipinski definition) is 1. The summed E-state index contributed by atoms with van der Waals surface area (Å²) in [4.78, 5) is 0. The number of halogens is 1. The Labute approximate surface area is 155 Å². The van der Waals surface area contributed by atoms with E-state index in [1.165, 1.54) is 12.0 Å². The molecule has 1 saturated heterocycles. The molecule has 25 heavy (non-hydrogen) atoms. The smallest absolute Gasteiger partial charge is 0.0528 e. The predicted octanol–water partition coefficient (Wildman–Crippen LogP) is 6.08. The van der Waals surface area contributed by atoms with Gasteiger partial charge in [0.2, 0.25) is 0 Å². The van der Waals surface area contributed by atoms with E-state index >= 15 is 0 Å². The molecule has 2 aliphatic rings. The summed E-state index contributed by atoms with van der Waals surface area (Å²) in [5.74, 6) is 0.895. The van der Waals surface area contributed by atoms with Gasteiger partial charge < -0.3 is 0 Å². The minimum Gasteiger partial charge on any atom is -0.267 e. The lowest BCUT2D eigenvalue weighted by atomic mass is 9.73. The molecule has 0 bridgehead atoms. The Balaban J connectivity index is 1.83. The van der Waals surface area contributed by atoms with Crippen LogP contribution in [0.4, 0.5) is 0 Å². The molecule has 4 rings (SSSR count). The molecule has 2 aromatic rings. The van der Waals surface area contributed by atoms with Crippen LogP contribution in [0, 0.1) is 5.92 Å². The van der Waals surface area contributed by atoms with Gasteiger partial charge in [0.1, 0.15) is 0 Å². The van der Waals surface area contributed by atoms with E-state index in [0.717, 1.165) is 31.2 Å². The van der Waals surface area contributed by atoms with Crippen LogP contribution in [0.15, 0.2) is 60.7 Å². The van der Waals surface area contributed by atoms with Crippen LogP contribution in [0.3, 0.4) is 0 Å². The Morgan fingerprint density at radius 3 is 2.08 bits per heavy atom. The van der Waals surface area contributed by atoms with Crippen molar-refractivity contribution < 1.29 is 4.21 Å². The van der Waals surface area contributed by atoms with Crippen LogP contribution in [0.1, 0.15) is 54.4 Å². The van der Waals surface area contributed by atoms with Gasteiger partial charge in [0, 0.05) is 11.5 Å². The Kier molecular flexibility index (Phi) is 4.32. The van der Waals surface area contributed by atoms with Crippen LogP contribution in [0.2, 0.25) is 0 Å². The van der Waals surface area contributed by atoms with Crippen molar-refractivity contribution in [3.63, 3.8) is 0 Å². The fraction of sp³-hybridized carbons (Fsp3) is 0.455. The first-order valence-corrected chi connectivity index (χ1v) is 12.7. The largest absolute Gasteiger partial charge is 0.267 e. The van der Waals surface area contributed by atoms with Crippen molar-refractivity contribution in [3.8, 4) is 0 Å². The van der Waals surface area contributed by atoms with Gasteiger partial charge in [0.25, 0.3) is 0 Å². The average molecular weight is 375 g/mol. The standard InChI is InChI=1S/C22H27ClOS/c1-25(23,24)21-15-9-8-14-19(21)20(17-10-4-2-5-11-17)16-22(25)18-12-6-3-7-13-18/h2-7,10-13,19-22H,8-9,14-16H2,1H3. The second kappa shape index (κ2) is 6.25. The molecule has 0 radical (unpaired) electrons. The van der Waals surface area contributed by atoms with E-state index < -0.39 is 8.28 Å². The topological polar surface area (TPSA) is 17.1 Å². The van der Waals surface area contributed by atoms with Gasteiger partial charge >= 0.3 is 0 Å². The van der Waals surface area contributed by atoms with Crippen LogP contribution in [0.5, 0.6) is 0 Å². The average Bonchev–Trinajstić information content (AvgIpc) is 2.63. The quantitative estimate of drug-likeness (QED) is 0.582. The number of hydrogen-bond donors (Lipinski definition) is 0. The van der Waals surface area contributed by atoms with Gasteiger partial charge in [-0.3, -0.25) is 4.21 Å². The van der Waals surface area contributed by atoms with Crippen molar-refractivity contribution in [2.75, 3.05) is 6.26 Å². The second-order valence-corrected chi connectivity index (χ2v) is 14.3. The molecule has 1 aliphatic heterocycles. The maximum atomic E-state index is 14.2. The van der Waals surface area contributed by atoms with E-state index in [2.05, 4.69) is 42.5 Å². The fourth-order valence-corrected chi connectivity index (χ4v) is 10.3. The van der Waals surface area contributed by atoms with Gasteiger partial charge in [-0.1, -0.05) is 73.5 Å². The zero-order chi connectivity index (χ0) is 17.5. The van der Waals surface area contributed by atoms with Crippen molar-refractivity contribution in [3.05, 3.63) is 71.8 Å². The Hall–Kier alpha value is -1.12. The lowest BCUT2D eigenvalue weighted by Crippen LogP contribution is -2.54. The minimum atomic E-state index is -3.27. The maximum Gasteiger partial charge on any atom is 0.0528 e. The molecule has 1 saturated carbocycles. The Bertz CT molecular complexity index is 795. The highest BCUT2D eigenvalue weighted by Gasteiger charge is 2.56. The molecule has 1 heterocycles. The SMILES string of the molecule is CS1(=O)(Cl)C(c2ccccc2)CC(c2ccccc2)C2CCCCC21. The number of rotatable bonds is 2. The first kappa shape index (κ1) is 17.3. The molecule has 0 aromatic heterocycles. The molecule has 0 amide bonds. The van der Waals surface area contributed by atoms with E-state index in [9.17, 15) is 4.21 Å². The molecule has 1 aliphatic carbocycles. The summed E-state index contributed by atoms with van der Waals surface area (Å²) >= 11 is 0. The van der Waals surface area contributed by atoms with Crippen LogP contribution in [0.25, 0.3) is 0 Å². The molecule has 1 nitrogen and oxygen atoms in total. The molecular formula is C22H27ClOS. The maximum absolute atomic E-state index is 14.2. The highest BCUT2D eigenvalue weighted by Crippen LogP contribution is 2.62. The number of fused-ring (bicyclic) bond motifs is 1. The molecule has 2 aromatic carbocycles. The first-order valence-electron chi connectivity index (χ1n) is 9.40. The lowest BCUT2D eigenvalue weighted by Gasteiger charge is -2.57. The van der Waals surface area contributed by atoms with Gasteiger partial charge in [-0.25, -0.2) is 0 Å². The summed E-state index contributed by atoms with van der Waals surface area (Å²) in [5, 5.41) is 0.0565. The van der Waals surface area contributed by atoms with Crippen LogP contribution >= 0.6 is 10.7 Å². The van der Waals surface area contributed by atoms with E-state index in [-0.39, 0.29) is 10.5 Å². The molecule has 4 atom stereocenters. The third kappa shape index (κ3) is 2.98. The molecule has 2 fully saturated rings. The lowest BCUT2D eigenvalue weighted by molar-refractivity contribution is 0.277. The normalized spacial score (nSPS) is 35.0. The first-order chi connectivity index (χ1) is 12.0. The summed E-state index contributed by atoms with van der Waals surface area (Å²) in [5.41, 5.74) is 2.53. The third-order valence-corrected chi connectivity index (χ3v) is 11.7. The van der Waals surface area contributed by atoms with Gasteiger partial charge in [-0.2, -0.15) is 0 Å². The van der Waals surface area contributed by atoms with Crippen LogP contribution in [-0.4, -0.2) is 15.7 Å². The molecule has 3 heteroatoms. The van der Waals surface area contributed by atoms with E-state index in [0.29, 0.717) is 11.8 Å². The molecule has 0 N–H and O–H groups in total. The molecule has 134 valence electrons. The van der Waals surface area contributed by atoms with Crippen LogP contribution < -0.4 is 0 Å². The zero-order valence-electron chi connectivity index (χ0n) is 14.8. The van der Waals surface area contributed by atoms with E-state index in [4.69, 9.17) is 10.7 Å². The van der Waals surface area contributed by atoms with Gasteiger partial charge in [0.15, 0.2) is 0 Å². The highest BCUT2D eigenvalue weighted by molar-refractivity contribution is 8.38. The van der Waals surface area contributed by atoms with Crippen molar-refractivity contribution in [1.82, 2.24) is 0 Å². The highest BCUT2D eigenvalue weighted by atomic mass is 35.7. The van der Waals surface area contributed by atoms with Crippen molar-refractivity contribution in [2.45, 2.75) is 48.5 Å². The summed E-state index contributed by atoms with van der Waals surface area (Å²) in [6.07, 6.45) is 7.32. The molecule has 0 spiro atoms. The van der Waals surface area contributed by atoms with Gasteiger partial charge in [-0.15, -0.1) is 0 Å². The van der Waals surface area contributed by atoms with Crippen molar-refractivity contribution in [1.29, 1.82) is 0 Å². The Morgan fingerprint density at radius 2 is 1.44 bits per heavy atom. The Morgan fingerprint density at radius 1 is 0.880 bits per heavy atom. The molecular weight excluding hydrogens is 348 g/mol. The zero-order valence-corrected chi connectivity index (χ0v) is 16.4. The minimum absolute atomic E-state index is 0.0653. The summed E-state index contributed by atoms with van der Waals surface area (Å²) < 4.78 is 14.2.